The molecule has 174 valence electrons. The molecule has 0 aliphatic carbocycles. The van der Waals surface area contributed by atoms with Crippen molar-refractivity contribution in [2.24, 2.45) is 0 Å². The van der Waals surface area contributed by atoms with E-state index < -0.39 is 0 Å². The van der Waals surface area contributed by atoms with E-state index in [0.29, 0.717) is 43.4 Å². The van der Waals surface area contributed by atoms with Gasteiger partial charge >= 0.3 is 0 Å². The molecule has 2 aromatic carbocycles. The van der Waals surface area contributed by atoms with Crippen LogP contribution in [-0.2, 0) is 11.3 Å². The molecule has 1 aliphatic heterocycles. The standard InChI is InChI=1S/C26H30N2O5/c1-19-8-10-23(33-19)22(28-12-14-31-15-13-28)17-27-26(29)21-9-11-24(25(16-21)30-2)32-18-20-6-4-3-5-7-20/h3-11,16,22H,12-15,17-18H2,1-2H3,(H,27,29)/t22-/m0/s1. The predicted octanol–water partition coefficient (Wildman–Crippen LogP) is 3.98. The number of morpholine rings is 1. The topological polar surface area (TPSA) is 73.2 Å². The Hall–Kier alpha value is -3.29. The highest BCUT2D eigenvalue weighted by Gasteiger charge is 2.26. The first-order valence-electron chi connectivity index (χ1n) is 11.1. The van der Waals surface area contributed by atoms with Crippen LogP contribution in [0.25, 0.3) is 0 Å². The van der Waals surface area contributed by atoms with Gasteiger partial charge in [0.1, 0.15) is 18.1 Å². The van der Waals surface area contributed by atoms with Crippen molar-refractivity contribution in [3.63, 3.8) is 0 Å². The number of furan rings is 1. The third-order valence-corrected chi connectivity index (χ3v) is 5.69. The number of rotatable bonds is 9. The molecular weight excluding hydrogens is 420 g/mol. The summed E-state index contributed by atoms with van der Waals surface area (Å²) in [5, 5.41) is 3.05. The summed E-state index contributed by atoms with van der Waals surface area (Å²) < 4.78 is 22.7. The zero-order chi connectivity index (χ0) is 23.0. The predicted molar refractivity (Wildman–Crippen MR) is 125 cm³/mol. The largest absolute Gasteiger partial charge is 0.493 e. The van der Waals surface area contributed by atoms with Gasteiger partial charge in [-0.3, -0.25) is 9.69 Å². The molecule has 7 heteroatoms. The van der Waals surface area contributed by atoms with E-state index in [4.69, 9.17) is 18.6 Å². The van der Waals surface area contributed by atoms with E-state index >= 15 is 0 Å². The second-order valence-electron chi connectivity index (χ2n) is 7.96. The van der Waals surface area contributed by atoms with Crippen LogP contribution in [0.5, 0.6) is 11.5 Å². The zero-order valence-electron chi connectivity index (χ0n) is 19.1. The molecule has 2 heterocycles. The summed E-state index contributed by atoms with van der Waals surface area (Å²) in [6.45, 7) is 5.71. The average molecular weight is 451 g/mol. The molecule has 7 nitrogen and oxygen atoms in total. The first kappa shape index (κ1) is 22.9. The van der Waals surface area contributed by atoms with Crippen LogP contribution in [0.3, 0.4) is 0 Å². The van der Waals surface area contributed by atoms with Gasteiger partial charge in [-0.25, -0.2) is 0 Å². The lowest BCUT2D eigenvalue weighted by Crippen LogP contribution is -2.43. The molecule has 1 saturated heterocycles. The quantitative estimate of drug-likeness (QED) is 0.532. The molecule has 3 aromatic rings. The van der Waals surface area contributed by atoms with E-state index in [1.165, 1.54) is 0 Å². The highest BCUT2D eigenvalue weighted by atomic mass is 16.5. The van der Waals surface area contributed by atoms with Gasteiger partial charge in [-0.15, -0.1) is 0 Å². The molecule has 0 unspecified atom stereocenters. The number of carbonyl (C=O) groups is 1. The number of nitrogens with zero attached hydrogens (tertiary/aromatic N) is 1. The van der Waals surface area contributed by atoms with Crippen LogP contribution in [0, 0.1) is 6.92 Å². The maximum absolute atomic E-state index is 12.9. The van der Waals surface area contributed by atoms with Gasteiger partial charge in [0, 0.05) is 25.2 Å². The molecule has 0 radical (unpaired) electrons. The Bertz CT molecular complexity index is 1040. The van der Waals surface area contributed by atoms with E-state index in [0.717, 1.165) is 30.2 Å². The summed E-state index contributed by atoms with van der Waals surface area (Å²) in [5.41, 5.74) is 1.57. The average Bonchev–Trinajstić information content (AvgIpc) is 3.29. The lowest BCUT2D eigenvalue weighted by atomic mass is 10.1. The molecule has 1 atom stereocenters. The smallest absolute Gasteiger partial charge is 0.251 e. The minimum absolute atomic E-state index is 0.0538. The SMILES string of the molecule is COc1cc(C(=O)NC[C@@H](c2ccc(C)o2)N2CCOCC2)ccc1OCc1ccccc1. The lowest BCUT2D eigenvalue weighted by Gasteiger charge is -2.33. The fourth-order valence-corrected chi connectivity index (χ4v) is 3.89. The number of hydrogen-bond donors (Lipinski definition) is 1. The Morgan fingerprint density at radius 1 is 1.06 bits per heavy atom. The molecule has 33 heavy (non-hydrogen) atoms. The summed E-state index contributed by atoms with van der Waals surface area (Å²) in [4.78, 5) is 15.2. The van der Waals surface area contributed by atoms with Gasteiger partial charge in [0.15, 0.2) is 11.5 Å². The second kappa shape index (κ2) is 11.0. The van der Waals surface area contributed by atoms with E-state index in [-0.39, 0.29) is 11.9 Å². The van der Waals surface area contributed by atoms with Gasteiger partial charge in [-0.05, 0) is 42.8 Å². The fraction of sp³-hybridized carbons (Fsp3) is 0.346. The van der Waals surface area contributed by atoms with Gasteiger partial charge in [0.2, 0.25) is 0 Å². The number of amides is 1. The molecule has 1 fully saturated rings. The molecule has 4 rings (SSSR count). The Kier molecular flexibility index (Phi) is 7.65. The fourth-order valence-electron chi connectivity index (χ4n) is 3.89. The molecule has 1 N–H and O–H groups in total. The lowest BCUT2D eigenvalue weighted by molar-refractivity contribution is 0.0117. The van der Waals surface area contributed by atoms with Crippen LogP contribution >= 0.6 is 0 Å². The van der Waals surface area contributed by atoms with E-state index in [1.807, 2.05) is 49.4 Å². The number of aryl methyl sites for hydroxylation is 1. The molecule has 0 saturated carbocycles. The van der Waals surface area contributed by atoms with Crippen molar-refractivity contribution < 1.29 is 23.4 Å². The van der Waals surface area contributed by atoms with Gasteiger partial charge in [0.25, 0.3) is 5.91 Å². The summed E-state index contributed by atoms with van der Waals surface area (Å²) >= 11 is 0. The maximum Gasteiger partial charge on any atom is 0.251 e. The van der Waals surface area contributed by atoms with Crippen molar-refractivity contribution in [2.75, 3.05) is 40.0 Å². The zero-order valence-corrected chi connectivity index (χ0v) is 19.1. The van der Waals surface area contributed by atoms with E-state index in [9.17, 15) is 4.79 Å². The molecular formula is C26H30N2O5. The van der Waals surface area contributed by atoms with Crippen molar-refractivity contribution in [1.82, 2.24) is 10.2 Å². The number of hydrogen-bond acceptors (Lipinski definition) is 6. The Labute approximate surface area is 194 Å². The van der Waals surface area contributed by atoms with E-state index in [1.54, 1.807) is 25.3 Å². The minimum Gasteiger partial charge on any atom is -0.493 e. The third kappa shape index (κ3) is 5.94. The summed E-state index contributed by atoms with van der Waals surface area (Å²) in [7, 11) is 1.57. The molecule has 1 amide bonds. The Morgan fingerprint density at radius 3 is 2.55 bits per heavy atom. The van der Waals surface area contributed by atoms with Crippen molar-refractivity contribution in [2.45, 2.75) is 19.6 Å². The van der Waals surface area contributed by atoms with Gasteiger partial charge < -0.3 is 23.9 Å². The first-order chi connectivity index (χ1) is 16.1. The highest BCUT2D eigenvalue weighted by molar-refractivity contribution is 5.94. The summed E-state index contributed by atoms with van der Waals surface area (Å²) in [5.74, 6) is 2.63. The van der Waals surface area contributed by atoms with Crippen molar-refractivity contribution in [3.05, 3.63) is 83.3 Å². The van der Waals surface area contributed by atoms with Crippen LogP contribution in [-0.4, -0.2) is 50.8 Å². The number of methoxy groups -OCH3 is 1. The van der Waals surface area contributed by atoms with Gasteiger partial charge in [-0.2, -0.15) is 0 Å². The maximum atomic E-state index is 12.9. The number of ether oxygens (including phenoxy) is 3. The normalized spacial score (nSPS) is 15.1. The van der Waals surface area contributed by atoms with Crippen molar-refractivity contribution >= 4 is 5.91 Å². The van der Waals surface area contributed by atoms with Gasteiger partial charge in [0.05, 0.1) is 26.4 Å². The van der Waals surface area contributed by atoms with Crippen molar-refractivity contribution in [3.8, 4) is 11.5 Å². The Morgan fingerprint density at radius 2 is 1.85 bits per heavy atom. The molecule has 0 spiro atoms. The Balaban J connectivity index is 1.42. The summed E-state index contributed by atoms with van der Waals surface area (Å²) in [6.07, 6.45) is 0. The third-order valence-electron chi connectivity index (χ3n) is 5.69. The monoisotopic (exact) mass is 450 g/mol. The molecule has 1 aromatic heterocycles. The van der Waals surface area contributed by atoms with Crippen LogP contribution in [0.1, 0.15) is 33.5 Å². The van der Waals surface area contributed by atoms with Crippen LogP contribution in [0.4, 0.5) is 0 Å². The van der Waals surface area contributed by atoms with Crippen molar-refractivity contribution in [1.29, 1.82) is 0 Å². The molecule has 1 aliphatic rings. The number of nitrogens with one attached hydrogen (secondary N) is 1. The van der Waals surface area contributed by atoms with Crippen LogP contribution in [0.2, 0.25) is 0 Å². The second-order valence-corrected chi connectivity index (χ2v) is 7.96. The van der Waals surface area contributed by atoms with E-state index in [2.05, 4.69) is 10.2 Å². The number of carbonyl (C=O) groups excluding carboxylic acids is 1. The minimum atomic E-state index is -0.176. The number of benzene rings is 2. The first-order valence-corrected chi connectivity index (χ1v) is 11.1. The summed E-state index contributed by atoms with van der Waals surface area (Å²) in [6, 6.07) is 19.0. The molecule has 0 bridgehead atoms. The van der Waals surface area contributed by atoms with Gasteiger partial charge in [-0.1, -0.05) is 30.3 Å². The van der Waals surface area contributed by atoms with Crippen LogP contribution < -0.4 is 14.8 Å². The van der Waals surface area contributed by atoms with Crippen LogP contribution in [0.15, 0.2) is 65.1 Å². The highest BCUT2D eigenvalue weighted by Crippen LogP contribution is 2.29.